The molecule has 0 spiro atoms. The maximum absolute atomic E-state index is 13.8. The molecule has 1 atom stereocenters. The van der Waals surface area contributed by atoms with Gasteiger partial charge >= 0.3 is 0 Å². The molecule has 3 N–H and O–H groups in total. The molecule has 2 nitrogen and oxygen atoms in total. The predicted octanol–water partition coefficient (Wildman–Crippen LogP) is 3.98. The van der Waals surface area contributed by atoms with E-state index in [0.29, 0.717) is 0 Å². The molecule has 0 radical (unpaired) electrons. The van der Waals surface area contributed by atoms with Crippen LogP contribution >= 0.6 is 12.2 Å². The largest absolute Gasteiger partial charge is 0.389 e. The van der Waals surface area contributed by atoms with Crippen LogP contribution in [0.3, 0.4) is 0 Å². The Labute approximate surface area is 118 Å². The third-order valence-electron chi connectivity index (χ3n) is 2.96. The van der Waals surface area contributed by atoms with Gasteiger partial charge in [-0.25, -0.2) is 8.78 Å². The van der Waals surface area contributed by atoms with Crippen LogP contribution in [-0.4, -0.2) is 11.0 Å². The van der Waals surface area contributed by atoms with E-state index in [1.807, 2.05) is 6.92 Å². The molecule has 0 aliphatic rings. The average molecular weight is 286 g/mol. The van der Waals surface area contributed by atoms with Gasteiger partial charge in [0.1, 0.15) is 22.3 Å². The van der Waals surface area contributed by atoms with E-state index in [4.69, 9.17) is 18.0 Å². The predicted molar refractivity (Wildman–Crippen MR) is 79.5 cm³/mol. The van der Waals surface area contributed by atoms with E-state index in [2.05, 4.69) is 12.2 Å². The van der Waals surface area contributed by atoms with E-state index in [-0.39, 0.29) is 22.3 Å². The van der Waals surface area contributed by atoms with Crippen LogP contribution in [0, 0.1) is 11.6 Å². The molecule has 0 amide bonds. The molecular weight excluding hydrogens is 266 g/mol. The first-order valence-electron chi connectivity index (χ1n) is 6.51. The molecule has 1 aromatic carbocycles. The number of halogens is 2. The number of hydrogen-bond acceptors (Lipinski definition) is 2. The van der Waals surface area contributed by atoms with Gasteiger partial charge in [-0.15, -0.1) is 0 Å². The van der Waals surface area contributed by atoms with Crippen molar-refractivity contribution in [3.8, 4) is 0 Å². The standard InChI is InChI=1S/C14H20F2N2S/c1-3-4-5-6-9(2)18-13-11(15)7-10(14(17)19)8-12(13)16/h7-9,18H,3-6H2,1-2H3,(H2,17,19). The van der Waals surface area contributed by atoms with E-state index in [1.54, 1.807) is 0 Å². The van der Waals surface area contributed by atoms with Gasteiger partial charge in [-0.2, -0.15) is 0 Å². The second-order valence-electron chi connectivity index (χ2n) is 4.72. The van der Waals surface area contributed by atoms with Crippen LogP contribution in [-0.2, 0) is 0 Å². The highest BCUT2D eigenvalue weighted by Gasteiger charge is 2.14. The van der Waals surface area contributed by atoms with Crippen molar-refractivity contribution in [3.05, 3.63) is 29.3 Å². The van der Waals surface area contributed by atoms with Crippen molar-refractivity contribution >= 4 is 22.9 Å². The number of nitrogens with one attached hydrogen (secondary N) is 1. The summed E-state index contributed by atoms with van der Waals surface area (Å²) >= 11 is 4.71. The summed E-state index contributed by atoms with van der Waals surface area (Å²) in [6.07, 6.45) is 4.16. The smallest absolute Gasteiger partial charge is 0.150 e. The Hall–Kier alpha value is -1.23. The highest BCUT2D eigenvalue weighted by Crippen LogP contribution is 2.22. The SMILES string of the molecule is CCCCCC(C)Nc1c(F)cc(C(N)=S)cc1F. The van der Waals surface area contributed by atoms with Gasteiger partial charge in [0, 0.05) is 11.6 Å². The Morgan fingerprint density at radius 1 is 1.32 bits per heavy atom. The van der Waals surface area contributed by atoms with Crippen molar-refractivity contribution in [2.45, 2.75) is 45.6 Å². The molecule has 0 bridgehead atoms. The molecule has 1 rings (SSSR count). The fourth-order valence-electron chi connectivity index (χ4n) is 1.87. The Balaban J connectivity index is 2.75. The summed E-state index contributed by atoms with van der Waals surface area (Å²) in [6.45, 7) is 4.03. The van der Waals surface area contributed by atoms with Gasteiger partial charge < -0.3 is 11.1 Å². The van der Waals surface area contributed by atoms with Crippen molar-refractivity contribution in [1.29, 1.82) is 0 Å². The first kappa shape index (κ1) is 15.8. The molecule has 1 aromatic rings. The summed E-state index contributed by atoms with van der Waals surface area (Å²) in [6, 6.07) is 2.34. The van der Waals surface area contributed by atoms with Gasteiger partial charge in [0.25, 0.3) is 0 Å². The lowest BCUT2D eigenvalue weighted by molar-refractivity contribution is 0.570. The zero-order chi connectivity index (χ0) is 14.4. The Morgan fingerprint density at radius 3 is 2.37 bits per heavy atom. The van der Waals surface area contributed by atoms with Crippen LogP contribution in [0.1, 0.15) is 45.1 Å². The second-order valence-corrected chi connectivity index (χ2v) is 5.16. The molecule has 1 unspecified atom stereocenters. The maximum Gasteiger partial charge on any atom is 0.150 e. The Morgan fingerprint density at radius 2 is 1.89 bits per heavy atom. The van der Waals surface area contributed by atoms with E-state index in [1.165, 1.54) is 0 Å². The van der Waals surface area contributed by atoms with E-state index >= 15 is 0 Å². The summed E-state index contributed by atoms with van der Waals surface area (Å²) in [7, 11) is 0. The molecule has 0 fully saturated rings. The highest BCUT2D eigenvalue weighted by atomic mass is 32.1. The fraction of sp³-hybridized carbons (Fsp3) is 0.500. The van der Waals surface area contributed by atoms with Crippen LogP contribution in [0.2, 0.25) is 0 Å². The minimum Gasteiger partial charge on any atom is -0.389 e. The molecule has 0 heterocycles. The number of nitrogens with two attached hydrogens (primary N) is 1. The Bertz CT molecular complexity index is 426. The van der Waals surface area contributed by atoms with E-state index in [0.717, 1.165) is 37.8 Å². The highest BCUT2D eigenvalue weighted by molar-refractivity contribution is 7.80. The van der Waals surface area contributed by atoms with Crippen LogP contribution in [0.5, 0.6) is 0 Å². The molecule has 0 aliphatic carbocycles. The normalized spacial score (nSPS) is 12.2. The molecule has 0 aliphatic heterocycles. The van der Waals surface area contributed by atoms with Gasteiger partial charge in [-0.1, -0.05) is 38.4 Å². The first-order valence-corrected chi connectivity index (χ1v) is 6.92. The zero-order valence-corrected chi connectivity index (χ0v) is 12.1. The molecule has 5 heteroatoms. The summed E-state index contributed by atoms with van der Waals surface area (Å²) < 4.78 is 27.6. The first-order chi connectivity index (χ1) is 8.95. The number of thiocarbonyl (C=S) groups is 1. The molecular formula is C14H20F2N2S. The number of hydrogen-bond donors (Lipinski definition) is 2. The van der Waals surface area contributed by atoms with Crippen LogP contribution in [0.15, 0.2) is 12.1 Å². The van der Waals surface area contributed by atoms with Gasteiger partial charge in [-0.3, -0.25) is 0 Å². The molecule has 0 saturated heterocycles. The minimum atomic E-state index is -0.662. The summed E-state index contributed by atoms with van der Waals surface area (Å²) in [5.74, 6) is -1.32. The van der Waals surface area contributed by atoms with Crippen molar-refractivity contribution in [2.75, 3.05) is 5.32 Å². The van der Waals surface area contributed by atoms with Gasteiger partial charge in [-0.05, 0) is 25.5 Å². The van der Waals surface area contributed by atoms with E-state index in [9.17, 15) is 8.78 Å². The van der Waals surface area contributed by atoms with Crippen molar-refractivity contribution in [2.24, 2.45) is 5.73 Å². The van der Waals surface area contributed by atoms with Gasteiger partial charge in [0.2, 0.25) is 0 Å². The number of anilines is 1. The minimum absolute atomic E-state index is 0.0136. The van der Waals surface area contributed by atoms with Gasteiger partial charge in [0.15, 0.2) is 0 Å². The van der Waals surface area contributed by atoms with Crippen LogP contribution in [0.4, 0.5) is 14.5 Å². The molecule has 106 valence electrons. The van der Waals surface area contributed by atoms with Crippen molar-refractivity contribution in [1.82, 2.24) is 0 Å². The lowest BCUT2D eigenvalue weighted by Gasteiger charge is -2.16. The third kappa shape index (κ3) is 4.74. The quantitative estimate of drug-likeness (QED) is 0.588. The average Bonchev–Trinajstić information content (AvgIpc) is 2.33. The molecule has 0 saturated carbocycles. The maximum atomic E-state index is 13.8. The molecule has 0 aromatic heterocycles. The van der Waals surface area contributed by atoms with Crippen LogP contribution in [0.25, 0.3) is 0 Å². The van der Waals surface area contributed by atoms with Gasteiger partial charge in [0.05, 0.1) is 0 Å². The lowest BCUT2D eigenvalue weighted by atomic mass is 10.1. The summed E-state index contributed by atoms with van der Waals surface area (Å²) in [4.78, 5) is -0.0136. The second kappa shape index (κ2) is 7.38. The monoisotopic (exact) mass is 286 g/mol. The van der Waals surface area contributed by atoms with Crippen molar-refractivity contribution < 1.29 is 8.78 Å². The summed E-state index contributed by atoms with van der Waals surface area (Å²) in [5.41, 5.74) is 5.46. The zero-order valence-electron chi connectivity index (χ0n) is 11.3. The number of benzene rings is 1. The van der Waals surface area contributed by atoms with Crippen molar-refractivity contribution in [3.63, 3.8) is 0 Å². The Kier molecular flexibility index (Phi) is 6.15. The lowest BCUT2D eigenvalue weighted by Crippen LogP contribution is -2.18. The topological polar surface area (TPSA) is 38.0 Å². The number of rotatable bonds is 7. The fourth-order valence-corrected chi connectivity index (χ4v) is 1.99. The van der Waals surface area contributed by atoms with E-state index < -0.39 is 11.6 Å². The summed E-state index contributed by atoms with van der Waals surface area (Å²) in [5, 5.41) is 2.87. The molecule has 19 heavy (non-hydrogen) atoms. The number of unbranched alkanes of at least 4 members (excludes halogenated alkanes) is 2. The third-order valence-corrected chi connectivity index (χ3v) is 3.19. The van der Waals surface area contributed by atoms with Crippen LogP contribution < -0.4 is 11.1 Å².